The second-order valence-electron chi connectivity index (χ2n) is 16.1. The Bertz CT molecular complexity index is 905. The van der Waals surface area contributed by atoms with E-state index >= 15 is 0 Å². The highest BCUT2D eigenvalue weighted by Gasteiger charge is 2.26. The van der Waals surface area contributed by atoms with Crippen molar-refractivity contribution in [1.82, 2.24) is 0 Å². The van der Waals surface area contributed by atoms with Crippen molar-refractivity contribution < 1.29 is 37.3 Å². The normalized spacial score (nSPS) is 14.0. The van der Waals surface area contributed by atoms with Gasteiger partial charge in [0, 0.05) is 13.0 Å². The molecule has 0 aromatic rings. The molecule has 0 fully saturated rings. The number of carbonyl (C=O) groups excluding carboxylic acids is 1. The molecule has 0 aromatic heterocycles. The highest BCUT2D eigenvalue weighted by molar-refractivity contribution is 7.47. The van der Waals surface area contributed by atoms with Crippen LogP contribution in [-0.4, -0.2) is 75.6 Å². The summed E-state index contributed by atoms with van der Waals surface area (Å²) in [7, 11) is 1.67. The van der Waals surface area contributed by atoms with Gasteiger partial charge < -0.3 is 18.9 Å². The molecule has 0 aliphatic heterocycles. The molecule has 53 heavy (non-hydrogen) atoms. The van der Waals surface area contributed by atoms with Crippen LogP contribution in [0.15, 0.2) is 24.3 Å². The molecule has 0 heterocycles. The molecule has 0 aliphatic carbocycles. The van der Waals surface area contributed by atoms with E-state index in [1.54, 1.807) is 0 Å². The van der Waals surface area contributed by atoms with E-state index < -0.39 is 13.9 Å². The number of phosphoric acid groups is 1. The summed E-state index contributed by atoms with van der Waals surface area (Å²) < 4.78 is 35.0. The maximum atomic E-state index is 12.7. The molecule has 0 spiro atoms. The second-order valence-corrected chi connectivity index (χ2v) is 17.5. The molecule has 0 saturated carbocycles. The Morgan fingerprint density at radius 2 is 1.06 bits per heavy atom. The second kappa shape index (κ2) is 37.9. The van der Waals surface area contributed by atoms with Crippen LogP contribution in [0.1, 0.15) is 194 Å². The Hall–Kier alpha value is -1.02. The van der Waals surface area contributed by atoms with Crippen LogP contribution in [0.25, 0.3) is 0 Å². The lowest BCUT2D eigenvalue weighted by molar-refractivity contribution is -0.870. The molecule has 0 aliphatic rings. The number of esters is 1. The molecule has 0 aromatic carbocycles. The number of carbonyl (C=O) groups is 1. The molecule has 2 atom stereocenters. The van der Waals surface area contributed by atoms with Crippen LogP contribution in [0.4, 0.5) is 0 Å². The van der Waals surface area contributed by atoms with E-state index in [-0.39, 0.29) is 25.8 Å². The number of hydrogen-bond donors (Lipinski definition) is 1. The predicted molar refractivity (Wildman–Crippen MR) is 224 cm³/mol. The summed E-state index contributed by atoms with van der Waals surface area (Å²) in [6.45, 7) is 5.58. The highest BCUT2D eigenvalue weighted by atomic mass is 31.2. The number of rotatable bonds is 41. The van der Waals surface area contributed by atoms with Crippen molar-refractivity contribution in [3.63, 3.8) is 0 Å². The average molecular weight is 773 g/mol. The van der Waals surface area contributed by atoms with Gasteiger partial charge in [-0.05, 0) is 38.5 Å². The first-order valence-corrected chi connectivity index (χ1v) is 23.6. The molecule has 0 bridgehead atoms. The number of phosphoric ester groups is 1. The molecule has 9 heteroatoms. The Morgan fingerprint density at radius 3 is 1.58 bits per heavy atom. The lowest BCUT2D eigenvalue weighted by Crippen LogP contribution is -2.37. The van der Waals surface area contributed by atoms with E-state index in [4.69, 9.17) is 18.5 Å². The van der Waals surface area contributed by atoms with Crippen LogP contribution >= 0.6 is 7.82 Å². The lowest BCUT2D eigenvalue weighted by Gasteiger charge is -2.24. The monoisotopic (exact) mass is 773 g/mol. The smallest absolute Gasteiger partial charge is 0.457 e. The molecule has 2 unspecified atom stereocenters. The first-order valence-electron chi connectivity index (χ1n) is 22.1. The lowest BCUT2D eigenvalue weighted by atomic mass is 10.0. The zero-order valence-electron chi connectivity index (χ0n) is 35.5. The van der Waals surface area contributed by atoms with E-state index in [1.807, 2.05) is 21.1 Å². The first kappa shape index (κ1) is 52.0. The standard InChI is InChI=1S/C44H86NO7P/c1-6-8-10-12-14-16-18-20-22-23-25-27-29-31-33-35-37-44(46)52-43(42-51-53(47,48)50-40-38-45(3,4)5)41-49-39-36-34-32-30-28-26-24-21-19-17-15-13-11-9-7-2/h13,15,19,21,43H,6-12,14,16-18,20,22-42H2,1-5H3/p+1/b15-13-,21-19-. The topological polar surface area (TPSA) is 91.3 Å². The van der Waals surface area contributed by atoms with Gasteiger partial charge in [0.1, 0.15) is 19.3 Å². The van der Waals surface area contributed by atoms with Gasteiger partial charge in [0.25, 0.3) is 0 Å². The number of quaternary nitrogens is 1. The van der Waals surface area contributed by atoms with Crippen LogP contribution in [-0.2, 0) is 27.9 Å². The van der Waals surface area contributed by atoms with Crippen LogP contribution in [0.3, 0.4) is 0 Å². The van der Waals surface area contributed by atoms with Gasteiger partial charge in [-0.2, -0.15) is 0 Å². The van der Waals surface area contributed by atoms with E-state index in [0.29, 0.717) is 24.1 Å². The van der Waals surface area contributed by atoms with Gasteiger partial charge >= 0.3 is 13.8 Å². The van der Waals surface area contributed by atoms with Crippen LogP contribution in [0, 0.1) is 0 Å². The first-order chi connectivity index (χ1) is 25.6. The van der Waals surface area contributed by atoms with Crippen LogP contribution in [0.2, 0.25) is 0 Å². The molecule has 0 radical (unpaired) electrons. The summed E-state index contributed by atoms with van der Waals surface area (Å²) in [6.07, 6.45) is 42.0. The number of allylic oxidation sites excluding steroid dienone is 4. The Morgan fingerprint density at radius 1 is 0.585 bits per heavy atom. The molecule has 8 nitrogen and oxygen atoms in total. The van der Waals surface area contributed by atoms with Gasteiger partial charge in [0.05, 0.1) is 34.4 Å². The minimum absolute atomic E-state index is 0.0883. The highest BCUT2D eigenvalue weighted by Crippen LogP contribution is 2.43. The summed E-state index contributed by atoms with van der Waals surface area (Å²) in [5, 5.41) is 0. The van der Waals surface area contributed by atoms with Crippen molar-refractivity contribution in [1.29, 1.82) is 0 Å². The molecule has 0 amide bonds. The van der Waals surface area contributed by atoms with E-state index in [0.717, 1.165) is 44.9 Å². The predicted octanol–water partition coefficient (Wildman–Crippen LogP) is 12.8. The summed E-state index contributed by atoms with van der Waals surface area (Å²) in [5.41, 5.74) is 0. The third kappa shape index (κ3) is 42.0. The minimum atomic E-state index is -4.27. The summed E-state index contributed by atoms with van der Waals surface area (Å²) >= 11 is 0. The minimum Gasteiger partial charge on any atom is -0.457 e. The third-order valence-corrected chi connectivity index (χ3v) is 10.5. The average Bonchev–Trinajstić information content (AvgIpc) is 3.11. The number of unbranched alkanes of at least 4 members (excludes halogenated alkanes) is 23. The zero-order chi connectivity index (χ0) is 39.1. The molecule has 314 valence electrons. The maximum Gasteiger partial charge on any atom is 0.472 e. The molecular weight excluding hydrogens is 685 g/mol. The van der Waals surface area contributed by atoms with E-state index in [1.165, 1.54) is 128 Å². The number of nitrogens with zero attached hydrogens (tertiary/aromatic N) is 1. The largest absolute Gasteiger partial charge is 0.472 e. The Balaban J connectivity index is 4.23. The van der Waals surface area contributed by atoms with E-state index in [2.05, 4.69) is 38.2 Å². The quantitative estimate of drug-likeness (QED) is 0.0217. The van der Waals surface area contributed by atoms with Crippen molar-refractivity contribution in [2.24, 2.45) is 0 Å². The van der Waals surface area contributed by atoms with Gasteiger partial charge in [0.2, 0.25) is 0 Å². The van der Waals surface area contributed by atoms with Crippen molar-refractivity contribution in [2.75, 3.05) is 54.1 Å². The molecule has 0 saturated heterocycles. The summed E-state index contributed by atoms with van der Waals surface area (Å²) in [5.74, 6) is -0.315. The van der Waals surface area contributed by atoms with E-state index in [9.17, 15) is 14.3 Å². The summed E-state index contributed by atoms with van der Waals surface area (Å²) in [4.78, 5) is 22.9. The fourth-order valence-electron chi connectivity index (χ4n) is 6.04. The molecule has 0 rings (SSSR count). The maximum absolute atomic E-state index is 12.7. The van der Waals surface area contributed by atoms with Crippen molar-refractivity contribution in [3.8, 4) is 0 Å². The summed E-state index contributed by atoms with van der Waals surface area (Å²) in [6, 6.07) is 0. The third-order valence-electron chi connectivity index (χ3n) is 9.52. The fourth-order valence-corrected chi connectivity index (χ4v) is 6.78. The number of ether oxygens (including phenoxy) is 2. The van der Waals surface area contributed by atoms with Crippen molar-refractivity contribution >= 4 is 13.8 Å². The fraction of sp³-hybridized carbons (Fsp3) is 0.886. The Kier molecular flexibility index (Phi) is 37.2. The van der Waals surface area contributed by atoms with Crippen molar-refractivity contribution in [3.05, 3.63) is 24.3 Å². The zero-order valence-corrected chi connectivity index (χ0v) is 36.4. The number of likely N-dealkylation sites (N-methyl/N-ethyl adjacent to an activating group) is 1. The number of hydrogen-bond acceptors (Lipinski definition) is 6. The van der Waals surface area contributed by atoms with Gasteiger partial charge in [-0.3, -0.25) is 13.8 Å². The van der Waals surface area contributed by atoms with Crippen LogP contribution < -0.4 is 0 Å². The van der Waals surface area contributed by atoms with Crippen molar-refractivity contribution in [2.45, 2.75) is 200 Å². The van der Waals surface area contributed by atoms with Gasteiger partial charge in [-0.25, -0.2) is 4.57 Å². The molecule has 1 N–H and O–H groups in total. The SMILES string of the molecule is CCCC/C=C\C/C=C\CCCCCCCCOCC(COP(=O)(O)OCC[N+](C)(C)C)OC(=O)CCCCCCCCCCCCCCCCCC. The van der Waals surface area contributed by atoms with Gasteiger partial charge in [-0.1, -0.05) is 173 Å². The van der Waals surface area contributed by atoms with Gasteiger partial charge in [0.15, 0.2) is 0 Å². The Labute approximate surface area is 328 Å². The molecular formula is C44H87NO7P+. The van der Waals surface area contributed by atoms with Gasteiger partial charge in [-0.15, -0.1) is 0 Å². The van der Waals surface area contributed by atoms with Crippen LogP contribution in [0.5, 0.6) is 0 Å².